The van der Waals surface area contributed by atoms with Crippen LogP contribution in [0.15, 0.2) is 66.9 Å². The molecule has 0 bridgehead atoms. The van der Waals surface area contributed by atoms with Crippen molar-refractivity contribution in [3.8, 4) is 22.6 Å². The molecule has 0 saturated heterocycles. The molecule has 1 radical (unpaired) electrons. The molecule has 0 aliphatic carbocycles. The van der Waals surface area contributed by atoms with Crippen LogP contribution in [0.1, 0.15) is 23.1 Å². The van der Waals surface area contributed by atoms with E-state index in [0.717, 1.165) is 30.7 Å². The third-order valence-electron chi connectivity index (χ3n) is 6.70. The van der Waals surface area contributed by atoms with Crippen molar-refractivity contribution in [2.75, 3.05) is 11.9 Å². The minimum Gasteiger partial charge on any atom is -0.436 e. The molecule has 0 N–H and O–H groups in total. The summed E-state index contributed by atoms with van der Waals surface area (Å²) < 4.78 is 2.44. The number of aryl methyl sites for hydroxylation is 3. The Morgan fingerprint density at radius 2 is 1.77 bits per heavy atom. The smallest absolute Gasteiger partial charge is 0.399 e. The van der Waals surface area contributed by atoms with Crippen LogP contribution in [0.3, 0.4) is 0 Å². The quantitative estimate of drug-likeness (QED) is 0.226. The predicted molar refractivity (Wildman–Crippen MR) is 124 cm³/mol. The molecule has 3 aromatic carbocycles. The van der Waals surface area contributed by atoms with Crippen molar-refractivity contribution in [1.82, 2.24) is 9.46 Å². The van der Waals surface area contributed by atoms with Gasteiger partial charge >= 0.3 is 6.98 Å². The van der Waals surface area contributed by atoms with Crippen molar-refractivity contribution in [3.05, 3.63) is 89.6 Å². The van der Waals surface area contributed by atoms with E-state index in [0.29, 0.717) is 0 Å². The van der Waals surface area contributed by atoms with E-state index in [9.17, 15) is 0 Å². The number of nitrogens with zero attached hydrogens (tertiary/aromatic N) is 3. The van der Waals surface area contributed by atoms with E-state index >= 15 is 0 Å². The molecule has 2 aliphatic rings. The van der Waals surface area contributed by atoms with Gasteiger partial charge in [0.05, 0.1) is 0 Å². The van der Waals surface area contributed by atoms with E-state index in [1.807, 2.05) is 6.07 Å². The van der Waals surface area contributed by atoms with Crippen LogP contribution in [0.4, 0.5) is 5.69 Å². The third kappa shape index (κ3) is 3.02. The van der Waals surface area contributed by atoms with E-state index in [-0.39, 0.29) is 27.1 Å². The van der Waals surface area contributed by atoms with Gasteiger partial charge in [-0.25, -0.2) is 0 Å². The zero-order valence-corrected chi connectivity index (χ0v) is 20.1. The molecule has 3 heterocycles. The molecule has 6 rings (SSSR count). The van der Waals surface area contributed by atoms with Crippen LogP contribution in [0.25, 0.3) is 22.6 Å². The van der Waals surface area contributed by atoms with Crippen LogP contribution >= 0.6 is 0 Å². The Hall–Kier alpha value is -2.62. The molecule has 3 nitrogen and oxygen atoms in total. The van der Waals surface area contributed by atoms with Crippen LogP contribution in [0.2, 0.25) is 0 Å². The summed E-state index contributed by atoms with van der Waals surface area (Å²) in [6.07, 6.45) is 5.37. The van der Waals surface area contributed by atoms with E-state index in [2.05, 4.69) is 90.1 Å². The average Bonchev–Trinajstić information content (AvgIpc) is 3.20. The first kappa shape index (κ1) is 20.3. The number of rotatable bonds is 0. The second-order valence-corrected chi connectivity index (χ2v) is 8.41. The molecule has 0 amide bonds. The molecular weight excluding hydrogens is 557 g/mol. The molecule has 4 aromatic rings. The fourth-order valence-electron chi connectivity index (χ4n) is 5.31. The maximum Gasteiger partial charge on any atom is 0.399 e. The summed E-state index contributed by atoms with van der Waals surface area (Å²) in [5.41, 5.74) is 10.4. The number of fused-ring (bicyclic) bond motifs is 6. The second kappa shape index (κ2) is 7.82. The molecule has 0 atom stereocenters. The van der Waals surface area contributed by atoms with Crippen molar-refractivity contribution >= 4 is 18.1 Å². The van der Waals surface area contributed by atoms with E-state index in [1.54, 1.807) is 0 Å². The van der Waals surface area contributed by atoms with Gasteiger partial charge < -0.3 is 9.29 Å². The average molecular weight is 581 g/mol. The number of imidazole rings is 1. The van der Waals surface area contributed by atoms with Crippen LogP contribution in [0, 0.1) is 13.0 Å². The predicted octanol–water partition coefficient (Wildman–Crippen LogP) is 4.51. The normalized spacial score (nSPS) is 14.0. The standard InChI is InChI=1S/C26H23BN3.Ir/c1-18-9-7-12-20-13-8-11-19-10-3-4-14-21(19)24-17-28-26-22-15-5-6-16-23(22)29(2)27(25(18)20)30(24)26;/h3-7,9-10,12,14,16-17H,8,11,13H2,1-2H3;/q-1;. The van der Waals surface area contributed by atoms with Gasteiger partial charge in [0.25, 0.3) is 0 Å². The molecule has 5 heteroatoms. The molecule has 0 fully saturated rings. The third-order valence-corrected chi connectivity index (χ3v) is 6.70. The number of anilines is 1. The van der Waals surface area contributed by atoms with Crippen molar-refractivity contribution in [3.63, 3.8) is 0 Å². The zero-order chi connectivity index (χ0) is 20.2. The van der Waals surface area contributed by atoms with Gasteiger partial charge in [-0.2, -0.15) is 0 Å². The van der Waals surface area contributed by atoms with Crippen LogP contribution < -0.4 is 10.3 Å². The van der Waals surface area contributed by atoms with Crippen LogP contribution in [-0.2, 0) is 32.9 Å². The summed E-state index contributed by atoms with van der Waals surface area (Å²) in [4.78, 5) is 7.35. The molecule has 0 spiro atoms. The molecule has 2 aliphatic heterocycles. The Balaban J connectivity index is 0.00000204. The van der Waals surface area contributed by atoms with Gasteiger partial charge in [0, 0.05) is 43.4 Å². The molecular formula is C26H23BIrN3-. The maximum atomic E-state index is 4.94. The minimum absolute atomic E-state index is 0. The van der Waals surface area contributed by atoms with Gasteiger partial charge in [-0.3, -0.25) is 4.98 Å². The summed E-state index contributed by atoms with van der Waals surface area (Å²) in [5, 5.41) is 0. The summed E-state index contributed by atoms with van der Waals surface area (Å²) in [6.45, 7) is 2.32. The first-order chi connectivity index (χ1) is 14.7. The van der Waals surface area contributed by atoms with Crippen LogP contribution in [-0.4, -0.2) is 23.5 Å². The van der Waals surface area contributed by atoms with Crippen molar-refractivity contribution in [2.45, 2.75) is 26.2 Å². The molecule has 155 valence electrons. The Bertz CT molecular complexity index is 1280. The largest absolute Gasteiger partial charge is 0.436 e. The number of benzene rings is 3. The van der Waals surface area contributed by atoms with Crippen molar-refractivity contribution in [2.24, 2.45) is 0 Å². The van der Waals surface area contributed by atoms with Gasteiger partial charge in [-0.15, -0.1) is 24.3 Å². The fraction of sp³-hybridized carbons (Fsp3) is 0.192. The van der Waals surface area contributed by atoms with E-state index in [4.69, 9.17) is 4.98 Å². The fourth-order valence-corrected chi connectivity index (χ4v) is 5.31. The first-order valence-electron chi connectivity index (χ1n) is 10.7. The molecule has 1 aromatic heterocycles. The minimum atomic E-state index is 0. The maximum absolute atomic E-state index is 4.94. The van der Waals surface area contributed by atoms with Gasteiger partial charge in [0.1, 0.15) is 0 Å². The number of hydrogen-bond acceptors (Lipinski definition) is 2. The van der Waals surface area contributed by atoms with Crippen molar-refractivity contribution < 1.29 is 20.1 Å². The summed E-state index contributed by atoms with van der Waals surface area (Å²) in [6, 6.07) is 25.3. The SMILES string of the molecule is Cc1cccc2c1B1N(C)c3ccc[c-]c3-c3ncc(n31)-c1ccccc1CCC2.[Ir]. The van der Waals surface area contributed by atoms with Gasteiger partial charge in [-0.05, 0) is 49.8 Å². The van der Waals surface area contributed by atoms with E-state index < -0.39 is 0 Å². The molecule has 31 heavy (non-hydrogen) atoms. The van der Waals surface area contributed by atoms with Gasteiger partial charge in [0.15, 0.2) is 0 Å². The second-order valence-electron chi connectivity index (χ2n) is 8.41. The zero-order valence-electron chi connectivity index (χ0n) is 17.7. The Kier molecular flexibility index (Phi) is 5.12. The summed E-state index contributed by atoms with van der Waals surface area (Å²) in [5.74, 6) is 1.01. The Morgan fingerprint density at radius 1 is 0.968 bits per heavy atom. The summed E-state index contributed by atoms with van der Waals surface area (Å²) >= 11 is 0. The van der Waals surface area contributed by atoms with Gasteiger partial charge in [0.2, 0.25) is 0 Å². The van der Waals surface area contributed by atoms with E-state index in [1.165, 1.54) is 39.1 Å². The van der Waals surface area contributed by atoms with Crippen molar-refractivity contribution in [1.29, 1.82) is 0 Å². The Labute approximate surface area is 197 Å². The molecule has 0 unspecified atom stereocenters. The monoisotopic (exact) mass is 581 g/mol. The van der Waals surface area contributed by atoms with Crippen LogP contribution in [0.5, 0.6) is 0 Å². The number of aromatic nitrogens is 2. The first-order valence-corrected chi connectivity index (χ1v) is 10.7. The summed E-state index contributed by atoms with van der Waals surface area (Å²) in [7, 11) is 2.21. The number of hydrogen-bond donors (Lipinski definition) is 0. The Morgan fingerprint density at radius 3 is 2.68 bits per heavy atom. The van der Waals surface area contributed by atoms with Gasteiger partial charge in [-0.1, -0.05) is 59.3 Å². The molecule has 0 saturated carbocycles. The topological polar surface area (TPSA) is 21.1 Å².